The molecule has 0 unspecified atom stereocenters. The number of hydrogen-bond acceptors (Lipinski definition) is 3. The highest BCUT2D eigenvalue weighted by Crippen LogP contribution is 2.27. The van der Waals surface area contributed by atoms with Gasteiger partial charge in [-0.15, -0.1) is 0 Å². The predicted molar refractivity (Wildman–Crippen MR) is 93.0 cm³/mol. The molecule has 3 nitrogen and oxygen atoms in total. The molecule has 1 fully saturated rings. The van der Waals surface area contributed by atoms with Gasteiger partial charge in [-0.25, -0.2) is 0 Å². The molecule has 2 rings (SSSR count). The minimum atomic E-state index is 0.136. The molecule has 0 spiro atoms. The zero-order valence-corrected chi connectivity index (χ0v) is 15.2. The van der Waals surface area contributed by atoms with Crippen molar-refractivity contribution >= 4 is 21.6 Å². The first kappa shape index (κ1) is 16.8. The van der Waals surface area contributed by atoms with E-state index in [9.17, 15) is 0 Å². The molecule has 1 heterocycles. The number of nitrogens with zero attached hydrogens (tertiary/aromatic N) is 1. The van der Waals surface area contributed by atoms with E-state index in [1.807, 2.05) is 0 Å². The van der Waals surface area contributed by atoms with Gasteiger partial charge in [0.2, 0.25) is 0 Å². The SMILES string of the molecule is CN(c1ccc(CNC(C)(C)C)c(Br)c1)C1CCOCC1. The van der Waals surface area contributed by atoms with Crippen LogP contribution in [-0.4, -0.2) is 31.8 Å². The molecule has 1 aliphatic rings. The summed E-state index contributed by atoms with van der Waals surface area (Å²) < 4.78 is 6.62. The van der Waals surface area contributed by atoms with Gasteiger partial charge in [-0.3, -0.25) is 0 Å². The van der Waals surface area contributed by atoms with E-state index >= 15 is 0 Å². The fourth-order valence-corrected chi connectivity index (χ4v) is 3.05. The predicted octanol–water partition coefficient (Wildman–Crippen LogP) is 3.95. The quantitative estimate of drug-likeness (QED) is 0.885. The molecule has 4 heteroatoms. The van der Waals surface area contributed by atoms with Crippen molar-refractivity contribution in [2.24, 2.45) is 0 Å². The number of rotatable bonds is 4. The summed E-state index contributed by atoms with van der Waals surface area (Å²) in [4.78, 5) is 2.38. The third kappa shape index (κ3) is 4.97. The molecular formula is C17H27BrN2O. The smallest absolute Gasteiger partial charge is 0.0485 e. The maximum atomic E-state index is 5.45. The lowest BCUT2D eigenvalue weighted by molar-refractivity contribution is 0.0855. The summed E-state index contributed by atoms with van der Waals surface area (Å²) in [6.45, 7) is 9.20. The second kappa shape index (κ2) is 7.12. The van der Waals surface area contributed by atoms with Crippen LogP contribution < -0.4 is 10.2 Å². The number of benzene rings is 1. The largest absolute Gasteiger partial charge is 0.381 e. The first-order valence-electron chi connectivity index (χ1n) is 7.71. The molecule has 21 heavy (non-hydrogen) atoms. The van der Waals surface area contributed by atoms with Crippen molar-refractivity contribution < 1.29 is 4.74 Å². The number of halogens is 1. The first-order valence-corrected chi connectivity index (χ1v) is 8.50. The number of ether oxygens (including phenoxy) is 1. The highest BCUT2D eigenvalue weighted by molar-refractivity contribution is 9.10. The summed E-state index contributed by atoms with van der Waals surface area (Å²) in [5, 5.41) is 3.53. The normalized spacial score (nSPS) is 17.0. The van der Waals surface area contributed by atoms with E-state index in [4.69, 9.17) is 4.74 Å². The molecule has 1 aliphatic heterocycles. The van der Waals surface area contributed by atoms with Gasteiger partial charge in [0, 0.05) is 48.5 Å². The van der Waals surface area contributed by atoms with Crippen LogP contribution in [0.2, 0.25) is 0 Å². The van der Waals surface area contributed by atoms with Crippen molar-refractivity contribution in [1.29, 1.82) is 0 Å². The Morgan fingerprint density at radius 1 is 1.29 bits per heavy atom. The van der Waals surface area contributed by atoms with E-state index in [0.29, 0.717) is 6.04 Å². The molecule has 0 saturated carbocycles. The zero-order chi connectivity index (χ0) is 15.5. The zero-order valence-electron chi connectivity index (χ0n) is 13.6. The van der Waals surface area contributed by atoms with Gasteiger partial charge in [0.15, 0.2) is 0 Å². The van der Waals surface area contributed by atoms with E-state index < -0.39 is 0 Å². The lowest BCUT2D eigenvalue weighted by atomic mass is 10.1. The van der Waals surface area contributed by atoms with Crippen LogP contribution in [0.1, 0.15) is 39.2 Å². The number of hydrogen-bond donors (Lipinski definition) is 1. The average Bonchev–Trinajstić information content (AvgIpc) is 2.45. The Bertz CT molecular complexity index is 464. The molecular weight excluding hydrogens is 328 g/mol. The van der Waals surface area contributed by atoms with Crippen molar-refractivity contribution in [2.75, 3.05) is 25.2 Å². The van der Waals surface area contributed by atoms with E-state index in [-0.39, 0.29) is 5.54 Å². The maximum absolute atomic E-state index is 5.45. The third-order valence-corrected chi connectivity index (χ3v) is 4.73. The summed E-state index contributed by atoms with van der Waals surface area (Å²) in [6, 6.07) is 7.26. The molecule has 1 saturated heterocycles. The Morgan fingerprint density at radius 3 is 2.52 bits per heavy atom. The van der Waals surface area contributed by atoms with Gasteiger partial charge in [-0.1, -0.05) is 22.0 Å². The average molecular weight is 355 g/mol. The Labute approximate surface area is 137 Å². The van der Waals surface area contributed by atoms with Gasteiger partial charge < -0.3 is 15.0 Å². The van der Waals surface area contributed by atoms with Gasteiger partial charge >= 0.3 is 0 Å². The molecule has 0 aliphatic carbocycles. The van der Waals surface area contributed by atoms with Crippen LogP contribution in [0.25, 0.3) is 0 Å². The van der Waals surface area contributed by atoms with Crippen molar-refractivity contribution in [3.63, 3.8) is 0 Å². The monoisotopic (exact) mass is 354 g/mol. The topological polar surface area (TPSA) is 24.5 Å². The molecule has 118 valence electrons. The molecule has 0 aromatic heterocycles. The van der Waals surface area contributed by atoms with Crippen molar-refractivity contribution in [1.82, 2.24) is 5.32 Å². The van der Waals surface area contributed by atoms with Crippen LogP contribution in [0.3, 0.4) is 0 Å². The number of nitrogens with one attached hydrogen (secondary N) is 1. The third-order valence-electron chi connectivity index (χ3n) is 3.99. The first-order chi connectivity index (χ1) is 9.87. The molecule has 0 bridgehead atoms. The fourth-order valence-electron chi connectivity index (χ4n) is 2.54. The Morgan fingerprint density at radius 2 is 1.95 bits per heavy atom. The highest BCUT2D eigenvalue weighted by atomic mass is 79.9. The summed E-state index contributed by atoms with van der Waals surface area (Å²) in [5.74, 6) is 0. The van der Waals surface area contributed by atoms with Crippen molar-refractivity contribution in [3.05, 3.63) is 28.2 Å². The second-order valence-corrected chi connectivity index (χ2v) is 7.69. The fraction of sp³-hybridized carbons (Fsp3) is 0.647. The van der Waals surface area contributed by atoms with E-state index in [1.54, 1.807) is 0 Å². The van der Waals surface area contributed by atoms with E-state index in [0.717, 1.165) is 32.6 Å². The van der Waals surface area contributed by atoms with Crippen LogP contribution in [0.15, 0.2) is 22.7 Å². The van der Waals surface area contributed by atoms with E-state index in [2.05, 4.69) is 72.2 Å². The van der Waals surface area contributed by atoms with Crippen LogP contribution in [-0.2, 0) is 11.3 Å². The van der Waals surface area contributed by atoms with Crippen molar-refractivity contribution in [3.8, 4) is 0 Å². The maximum Gasteiger partial charge on any atom is 0.0485 e. The Balaban J connectivity index is 2.03. The molecule has 0 atom stereocenters. The minimum Gasteiger partial charge on any atom is -0.381 e. The standard InChI is InChI=1S/C17H27BrN2O/c1-17(2,3)19-12-13-5-6-15(11-16(13)18)20(4)14-7-9-21-10-8-14/h5-6,11,14,19H,7-10,12H2,1-4H3. The van der Waals surface area contributed by atoms with Crippen molar-refractivity contribution in [2.45, 2.75) is 51.7 Å². The highest BCUT2D eigenvalue weighted by Gasteiger charge is 2.19. The second-order valence-electron chi connectivity index (χ2n) is 6.83. The van der Waals surface area contributed by atoms with Gasteiger partial charge in [0.25, 0.3) is 0 Å². The minimum absolute atomic E-state index is 0.136. The van der Waals surface area contributed by atoms with Gasteiger partial charge in [0.1, 0.15) is 0 Å². The van der Waals surface area contributed by atoms with Crippen LogP contribution in [0.5, 0.6) is 0 Å². The summed E-state index contributed by atoms with van der Waals surface area (Å²) in [7, 11) is 2.19. The van der Waals surface area contributed by atoms with Crippen LogP contribution >= 0.6 is 15.9 Å². The molecule has 1 aromatic carbocycles. The lowest BCUT2D eigenvalue weighted by Crippen LogP contribution is -2.36. The Kier molecular flexibility index (Phi) is 5.69. The molecule has 0 amide bonds. The summed E-state index contributed by atoms with van der Waals surface area (Å²) in [5.41, 5.74) is 2.71. The van der Waals surface area contributed by atoms with Gasteiger partial charge in [-0.2, -0.15) is 0 Å². The molecule has 1 aromatic rings. The summed E-state index contributed by atoms with van der Waals surface area (Å²) in [6.07, 6.45) is 2.23. The molecule has 1 N–H and O–H groups in total. The lowest BCUT2D eigenvalue weighted by Gasteiger charge is -2.33. The Hall–Kier alpha value is -0.580. The van der Waals surface area contributed by atoms with Crippen LogP contribution in [0.4, 0.5) is 5.69 Å². The van der Waals surface area contributed by atoms with Gasteiger partial charge in [-0.05, 0) is 51.3 Å². The van der Waals surface area contributed by atoms with Gasteiger partial charge in [0.05, 0.1) is 0 Å². The molecule has 0 radical (unpaired) electrons. The summed E-state index contributed by atoms with van der Waals surface area (Å²) >= 11 is 3.72. The van der Waals surface area contributed by atoms with Crippen LogP contribution in [0, 0.1) is 0 Å². The number of anilines is 1. The van der Waals surface area contributed by atoms with E-state index in [1.165, 1.54) is 15.7 Å².